The van der Waals surface area contributed by atoms with Crippen LogP contribution in [0.5, 0.6) is 0 Å². The summed E-state index contributed by atoms with van der Waals surface area (Å²) in [6.07, 6.45) is 1.70. The fraction of sp³-hybridized carbons (Fsp3) is 0.500. The van der Waals surface area contributed by atoms with Crippen LogP contribution >= 0.6 is 23.1 Å². The molecule has 12 heavy (non-hydrogen) atoms. The first-order valence-electron chi connectivity index (χ1n) is 3.82. The highest BCUT2D eigenvalue weighted by atomic mass is 32.2. The van der Waals surface area contributed by atoms with E-state index < -0.39 is 0 Å². The van der Waals surface area contributed by atoms with Gasteiger partial charge in [0.25, 0.3) is 0 Å². The van der Waals surface area contributed by atoms with Gasteiger partial charge < -0.3 is 0 Å². The lowest BCUT2D eigenvalue weighted by molar-refractivity contribution is 0.0943. The van der Waals surface area contributed by atoms with Gasteiger partial charge in [-0.2, -0.15) is 11.8 Å². The molecule has 0 bridgehead atoms. The number of carbonyl (C=O) groups excluding carboxylic acids is 1. The SMILES string of the molecule is Cc1ncc(C(=O)C2CSC2)s1. The van der Waals surface area contributed by atoms with Crippen molar-refractivity contribution in [1.29, 1.82) is 0 Å². The molecule has 0 saturated carbocycles. The minimum absolute atomic E-state index is 0.273. The van der Waals surface area contributed by atoms with Crippen molar-refractivity contribution in [2.24, 2.45) is 5.92 Å². The van der Waals surface area contributed by atoms with Crippen LogP contribution in [-0.2, 0) is 0 Å². The Labute approximate surface area is 79.4 Å². The van der Waals surface area contributed by atoms with E-state index in [9.17, 15) is 4.79 Å². The summed E-state index contributed by atoms with van der Waals surface area (Å²) >= 11 is 3.34. The van der Waals surface area contributed by atoms with Crippen molar-refractivity contribution in [3.8, 4) is 0 Å². The number of thioether (sulfide) groups is 1. The second-order valence-electron chi connectivity index (χ2n) is 2.84. The first kappa shape index (κ1) is 8.26. The van der Waals surface area contributed by atoms with Crippen molar-refractivity contribution in [2.45, 2.75) is 6.92 Å². The predicted molar refractivity (Wildman–Crippen MR) is 52.0 cm³/mol. The molecule has 2 nitrogen and oxygen atoms in total. The van der Waals surface area contributed by atoms with Gasteiger partial charge in [0.2, 0.25) is 0 Å². The van der Waals surface area contributed by atoms with E-state index in [1.165, 1.54) is 11.3 Å². The van der Waals surface area contributed by atoms with Crippen LogP contribution in [0.1, 0.15) is 14.7 Å². The molecular weight excluding hydrogens is 190 g/mol. The minimum Gasteiger partial charge on any atom is -0.293 e. The molecule has 1 aromatic rings. The molecule has 1 saturated heterocycles. The Hall–Kier alpha value is -0.350. The van der Waals surface area contributed by atoms with E-state index in [1.54, 1.807) is 6.20 Å². The van der Waals surface area contributed by atoms with Gasteiger partial charge in [-0.05, 0) is 6.92 Å². The molecule has 2 rings (SSSR count). The Balaban J connectivity index is 2.13. The van der Waals surface area contributed by atoms with Crippen molar-refractivity contribution in [3.05, 3.63) is 16.1 Å². The van der Waals surface area contributed by atoms with Gasteiger partial charge in [-0.25, -0.2) is 4.98 Å². The van der Waals surface area contributed by atoms with Gasteiger partial charge in [0.1, 0.15) is 0 Å². The topological polar surface area (TPSA) is 30.0 Å². The first-order chi connectivity index (χ1) is 5.77. The third-order valence-corrected chi connectivity index (χ3v) is 4.08. The van der Waals surface area contributed by atoms with Gasteiger partial charge >= 0.3 is 0 Å². The average Bonchev–Trinajstić information content (AvgIpc) is 2.31. The molecule has 1 aliphatic heterocycles. The van der Waals surface area contributed by atoms with Crippen molar-refractivity contribution in [2.75, 3.05) is 11.5 Å². The molecule has 1 aromatic heterocycles. The highest BCUT2D eigenvalue weighted by molar-refractivity contribution is 8.00. The Kier molecular flexibility index (Phi) is 2.19. The number of aryl methyl sites for hydroxylation is 1. The molecule has 0 N–H and O–H groups in total. The van der Waals surface area contributed by atoms with Gasteiger partial charge in [0, 0.05) is 23.6 Å². The van der Waals surface area contributed by atoms with Crippen LogP contribution in [0, 0.1) is 12.8 Å². The second-order valence-corrected chi connectivity index (χ2v) is 5.15. The van der Waals surface area contributed by atoms with E-state index in [0.29, 0.717) is 5.78 Å². The monoisotopic (exact) mass is 199 g/mol. The molecule has 1 aliphatic rings. The summed E-state index contributed by atoms with van der Waals surface area (Å²) < 4.78 is 0. The van der Waals surface area contributed by atoms with Crippen molar-refractivity contribution in [1.82, 2.24) is 4.98 Å². The lowest BCUT2D eigenvalue weighted by Gasteiger charge is -2.22. The smallest absolute Gasteiger partial charge is 0.179 e. The maximum atomic E-state index is 11.6. The second kappa shape index (κ2) is 3.18. The largest absolute Gasteiger partial charge is 0.293 e. The molecule has 64 valence electrons. The summed E-state index contributed by atoms with van der Waals surface area (Å²) in [4.78, 5) is 16.5. The van der Waals surface area contributed by atoms with Gasteiger partial charge in [0.05, 0.1) is 9.88 Å². The Morgan fingerprint density at radius 1 is 1.67 bits per heavy atom. The van der Waals surface area contributed by atoms with Gasteiger partial charge in [-0.3, -0.25) is 4.79 Å². The van der Waals surface area contributed by atoms with E-state index in [-0.39, 0.29) is 5.92 Å². The van der Waals surface area contributed by atoms with Crippen LogP contribution in [0.4, 0.5) is 0 Å². The normalized spacial score (nSPS) is 17.4. The number of carbonyl (C=O) groups is 1. The molecule has 0 aromatic carbocycles. The Bertz CT molecular complexity index is 304. The van der Waals surface area contributed by atoms with Crippen LogP contribution in [0.25, 0.3) is 0 Å². The van der Waals surface area contributed by atoms with E-state index in [1.807, 2.05) is 18.7 Å². The van der Waals surface area contributed by atoms with Gasteiger partial charge in [0.15, 0.2) is 5.78 Å². The maximum Gasteiger partial charge on any atom is 0.179 e. The minimum atomic E-state index is 0.273. The third-order valence-electron chi connectivity index (χ3n) is 1.87. The van der Waals surface area contributed by atoms with Crippen LogP contribution in [0.2, 0.25) is 0 Å². The predicted octanol–water partition coefficient (Wildman–Crippen LogP) is 2.00. The van der Waals surface area contributed by atoms with Crippen molar-refractivity contribution >= 4 is 28.9 Å². The zero-order valence-electron chi connectivity index (χ0n) is 6.74. The quantitative estimate of drug-likeness (QED) is 0.682. The van der Waals surface area contributed by atoms with Gasteiger partial charge in [-0.15, -0.1) is 11.3 Å². The molecule has 0 unspecified atom stereocenters. The summed E-state index contributed by atoms with van der Waals surface area (Å²) in [5.41, 5.74) is 0. The Morgan fingerprint density at radius 2 is 2.42 bits per heavy atom. The van der Waals surface area contributed by atoms with E-state index in [4.69, 9.17) is 0 Å². The number of aromatic nitrogens is 1. The van der Waals surface area contributed by atoms with E-state index in [0.717, 1.165) is 21.4 Å². The highest BCUT2D eigenvalue weighted by Crippen LogP contribution is 2.29. The number of hydrogen-bond acceptors (Lipinski definition) is 4. The fourth-order valence-electron chi connectivity index (χ4n) is 1.06. The van der Waals surface area contributed by atoms with Gasteiger partial charge in [-0.1, -0.05) is 0 Å². The lowest BCUT2D eigenvalue weighted by atomic mass is 10.1. The average molecular weight is 199 g/mol. The number of nitrogens with zero attached hydrogens (tertiary/aromatic N) is 1. The summed E-state index contributed by atoms with van der Waals surface area (Å²) in [7, 11) is 0. The Morgan fingerprint density at radius 3 is 2.83 bits per heavy atom. The fourth-order valence-corrected chi connectivity index (χ4v) is 2.63. The maximum absolute atomic E-state index is 11.6. The van der Waals surface area contributed by atoms with Crippen molar-refractivity contribution in [3.63, 3.8) is 0 Å². The number of thiazole rings is 1. The zero-order valence-corrected chi connectivity index (χ0v) is 8.37. The molecule has 0 atom stereocenters. The van der Waals surface area contributed by atoms with Crippen LogP contribution in [0.3, 0.4) is 0 Å². The lowest BCUT2D eigenvalue weighted by Crippen LogP contribution is -2.26. The molecule has 1 fully saturated rings. The van der Waals surface area contributed by atoms with E-state index in [2.05, 4.69) is 4.98 Å². The van der Waals surface area contributed by atoms with Crippen molar-refractivity contribution < 1.29 is 4.79 Å². The molecule has 0 aliphatic carbocycles. The number of ketones is 1. The van der Waals surface area contributed by atoms with Crippen LogP contribution < -0.4 is 0 Å². The summed E-state index contributed by atoms with van der Waals surface area (Å²) in [5.74, 6) is 2.56. The first-order valence-corrected chi connectivity index (χ1v) is 5.79. The molecule has 0 amide bonds. The number of hydrogen-bond donors (Lipinski definition) is 0. The molecule has 0 spiro atoms. The van der Waals surface area contributed by atoms with Crippen LogP contribution in [-0.4, -0.2) is 22.3 Å². The standard InChI is InChI=1S/C8H9NOS2/c1-5-9-2-7(12-5)8(10)6-3-11-4-6/h2,6H,3-4H2,1H3. The zero-order chi connectivity index (χ0) is 8.55. The molecule has 0 radical (unpaired) electrons. The molecule has 2 heterocycles. The number of Topliss-reactive ketones (excluding diaryl/α,β-unsaturated/α-hetero) is 1. The summed E-state index contributed by atoms with van der Waals surface area (Å²) in [6.45, 7) is 1.93. The summed E-state index contributed by atoms with van der Waals surface area (Å²) in [5, 5.41) is 0.977. The number of rotatable bonds is 2. The molecule has 4 heteroatoms. The third kappa shape index (κ3) is 1.41. The van der Waals surface area contributed by atoms with E-state index >= 15 is 0 Å². The highest BCUT2D eigenvalue weighted by Gasteiger charge is 2.27. The summed E-state index contributed by atoms with van der Waals surface area (Å²) in [6, 6.07) is 0. The molecular formula is C8H9NOS2. The van der Waals surface area contributed by atoms with Crippen LogP contribution in [0.15, 0.2) is 6.20 Å².